The van der Waals surface area contributed by atoms with Gasteiger partial charge in [0.1, 0.15) is 5.75 Å². The number of halogens is 3. The number of ether oxygens (including phenoxy) is 2. The topological polar surface area (TPSA) is 30.5 Å². The first kappa shape index (κ1) is 13.2. The maximum atomic E-state index is 12.7. The number of morpholine rings is 1. The zero-order valence-electron chi connectivity index (χ0n) is 9.88. The second-order valence-corrected chi connectivity index (χ2v) is 4.02. The van der Waals surface area contributed by atoms with Crippen LogP contribution in [0, 0.1) is 0 Å². The Morgan fingerprint density at radius 1 is 1.39 bits per heavy atom. The van der Waals surface area contributed by atoms with E-state index in [0.29, 0.717) is 18.7 Å². The molecular formula is C12H14F3NO2. The van der Waals surface area contributed by atoms with Crippen LogP contribution in [0.3, 0.4) is 0 Å². The van der Waals surface area contributed by atoms with Crippen molar-refractivity contribution in [3.8, 4) is 5.75 Å². The van der Waals surface area contributed by atoms with Crippen LogP contribution in [-0.4, -0.2) is 26.8 Å². The quantitative estimate of drug-likeness (QED) is 0.886. The highest BCUT2D eigenvalue weighted by Crippen LogP contribution is 2.37. The first-order valence-electron chi connectivity index (χ1n) is 5.60. The van der Waals surface area contributed by atoms with E-state index in [0.717, 1.165) is 12.6 Å². The van der Waals surface area contributed by atoms with Gasteiger partial charge in [0.25, 0.3) is 0 Å². The smallest absolute Gasteiger partial charge is 0.419 e. The molecule has 6 heteroatoms. The van der Waals surface area contributed by atoms with Crippen LogP contribution in [0.1, 0.15) is 17.2 Å². The molecule has 0 spiro atoms. The molecule has 1 aliphatic heterocycles. The van der Waals surface area contributed by atoms with E-state index < -0.39 is 11.7 Å². The monoisotopic (exact) mass is 261 g/mol. The molecule has 3 nitrogen and oxygen atoms in total. The molecule has 1 fully saturated rings. The summed E-state index contributed by atoms with van der Waals surface area (Å²) in [6.07, 6.45) is -4.63. The Morgan fingerprint density at radius 2 is 2.17 bits per heavy atom. The summed E-state index contributed by atoms with van der Waals surface area (Å²) in [5.41, 5.74) is -0.0791. The van der Waals surface area contributed by atoms with Gasteiger partial charge in [-0.05, 0) is 17.7 Å². The molecule has 1 N–H and O–H groups in total. The molecule has 0 saturated carbocycles. The van der Waals surface area contributed by atoms with E-state index >= 15 is 0 Å². The van der Waals surface area contributed by atoms with Gasteiger partial charge in [-0.2, -0.15) is 13.2 Å². The van der Waals surface area contributed by atoms with Gasteiger partial charge in [0.2, 0.25) is 0 Å². The fourth-order valence-corrected chi connectivity index (χ4v) is 1.92. The average Bonchev–Trinajstić information content (AvgIpc) is 2.38. The Morgan fingerprint density at radius 3 is 2.72 bits per heavy atom. The van der Waals surface area contributed by atoms with Gasteiger partial charge in [-0.15, -0.1) is 0 Å². The van der Waals surface area contributed by atoms with Gasteiger partial charge in [-0.3, -0.25) is 0 Å². The third-order valence-electron chi connectivity index (χ3n) is 2.83. The van der Waals surface area contributed by atoms with E-state index in [4.69, 9.17) is 9.47 Å². The van der Waals surface area contributed by atoms with Crippen LogP contribution in [0.5, 0.6) is 5.75 Å². The Kier molecular flexibility index (Phi) is 3.77. The van der Waals surface area contributed by atoms with Crippen molar-refractivity contribution in [1.29, 1.82) is 0 Å². The maximum absolute atomic E-state index is 12.7. The second kappa shape index (κ2) is 5.16. The van der Waals surface area contributed by atoms with Crippen LogP contribution in [0.25, 0.3) is 0 Å². The van der Waals surface area contributed by atoms with Gasteiger partial charge in [0.05, 0.1) is 25.4 Å². The SMILES string of the molecule is COc1cc(C2CNCCO2)ccc1C(F)(F)F. The molecule has 18 heavy (non-hydrogen) atoms. The van der Waals surface area contributed by atoms with Crippen LogP contribution >= 0.6 is 0 Å². The molecule has 1 atom stereocenters. The van der Waals surface area contributed by atoms with Crippen LogP contribution in [-0.2, 0) is 10.9 Å². The molecule has 2 rings (SSSR count). The summed E-state index contributed by atoms with van der Waals surface area (Å²) in [7, 11) is 1.23. The van der Waals surface area contributed by atoms with Crippen LogP contribution < -0.4 is 10.1 Å². The molecule has 0 radical (unpaired) electrons. The summed E-state index contributed by atoms with van der Waals surface area (Å²) >= 11 is 0. The average molecular weight is 261 g/mol. The summed E-state index contributed by atoms with van der Waals surface area (Å²) < 4.78 is 48.4. The molecule has 0 aromatic heterocycles. The molecule has 1 aromatic rings. The Bertz CT molecular complexity index is 414. The number of benzene rings is 1. The molecule has 1 aliphatic rings. The van der Waals surface area contributed by atoms with Crippen molar-refractivity contribution in [2.45, 2.75) is 12.3 Å². The largest absolute Gasteiger partial charge is 0.496 e. The van der Waals surface area contributed by atoms with Crippen molar-refractivity contribution >= 4 is 0 Å². The van der Waals surface area contributed by atoms with Crippen molar-refractivity contribution < 1.29 is 22.6 Å². The second-order valence-electron chi connectivity index (χ2n) is 4.02. The molecule has 100 valence electrons. The van der Waals surface area contributed by atoms with Gasteiger partial charge in [-0.25, -0.2) is 0 Å². The van der Waals surface area contributed by atoms with Crippen LogP contribution in [0.15, 0.2) is 18.2 Å². The first-order chi connectivity index (χ1) is 8.52. The highest BCUT2D eigenvalue weighted by molar-refractivity contribution is 5.40. The van der Waals surface area contributed by atoms with Crippen LogP contribution in [0.2, 0.25) is 0 Å². The normalized spacial score (nSPS) is 20.8. The molecule has 0 bridgehead atoms. The van der Waals surface area contributed by atoms with Gasteiger partial charge in [-0.1, -0.05) is 6.07 Å². The fraction of sp³-hybridized carbons (Fsp3) is 0.500. The predicted molar refractivity (Wildman–Crippen MR) is 59.6 cm³/mol. The predicted octanol–water partition coefficient (Wildman–Crippen LogP) is 2.37. The fourth-order valence-electron chi connectivity index (χ4n) is 1.92. The molecule has 0 aliphatic carbocycles. The third-order valence-corrected chi connectivity index (χ3v) is 2.83. The lowest BCUT2D eigenvalue weighted by Gasteiger charge is -2.24. The van der Waals surface area contributed by atoms with Crippen molar-refractivity contribution in [3.05, 3.63) is 29.3 Å². The van der Waals surface area contributed by atoms with Crippen molar-refractivity contribution in [3.63, 3.8) is 0 Å². The minimum Gasteiger partial charge on any atom is -0.496 e. The van der Waals surface area contributed by atoms with E-state index in [1.165, 1.54) is 19.2 Å². The lowest BCUT2D eigenvalue weighted by atomic mass is 10.0. The standard InChI is InChI=1S/C12H14F3NO2/c1-17-10-6-8(11-7-16-4-5-18-11)2-3-9(10)12(13,14)15/h2-3,6,11,16H,4-5,7H2,1H3. The van der Waals surface area contributed by atoms with Crippen molar-refractivity contribution in [2.24, 2.45) is 0 Å². The lowest BCUT2D eigenvalue weighted by molar-refractivity contribution is -0.138. The number of rotatable bonds is 2. The minimum atomic E-state index is -4.41. The van der Waals surface area contributed by atoms with Gasteiger partial charge >= 0.3 is 6.18 Å². The Labute approximate surface area is 103 Å². The summed E-state index contributed by atoms with van der Waals surface area (Å²) in [4.78, 5) is 0. The molecule has 1 saturated heterocycles. The molecule has 0 amide bonds. The number of alkyl halides is 3. The zero-order valence-corrected chi connectivity index (χ0v) is 9.88. The van der Waals surface area contributed by atoms with Gasteiger partial charge in [0.15, 0.2) is 0 Å². The summed E-state index contributed by atoms with van der Waals surface area (Å²) in [5.74, 6) is -0.172. The number of nitrogens with one attached hydrogen (secondary N) is 1. The van der Waals surface area contributed by atoms with E-state index in [9.17, 15) is 13.2 Å². The van der Waals surface area contributed by atoms with Crippen molar-refractivity contribution in [2.75, 3.05) is 26.8 Å². The minimum absolute atomic E-state index is 0.172. The molecule has 1 aromatic carbocycles. The highest BCUT2D eigenvalue weighted by atomic mass is 19.4. The van der Waals surface area contributed by atoms with Crippen LogP contribution in [0.4, 0.5) is 13.2 Å². The van der Waals surface area contributed by atoms with E-state index in [2.05, 4.69) is 5.32 Å². The third kappa shape index (κ3) is 2.76. The van der Waals surface area contributed by atoms with E-state index in [-0.39, 0.29) is 11.9 Å². The Balaban J connectivity index is 2.29. The number of methoxy groups -OCH3 is 1. The van der Waals surface area contributed by atoms with Crippen molar-refractivity contribution in [1.82, 2.24) is 5.32 Å². The number of hydrogen-bond donors (Lipinski definition) is 1. The lowest BCUT2D eigenvalue weighted by Crippen LogP contribution is -2.33. The summed E-state index contributed by atoms with van der Waals surface area (Å²) in [6, 6.07) is 3.86. The van der Waals surface area contributed by atoms with Gasteiger partial charge < -0.3 is 14.8 Å². The summed E-state index contributed by atoms with van der Waals surface area (Å²) in [5, 5.41) is 3.13. The maximum Gasteiger partial charge on any atom is 0.419 e. The van der Waals surface area contributed by atoms with E-state index in [1.807, 2.05) is 0 Å². The Hall–Kier alpha value is -1.27. The van der Waals surface area contributed by atoms with Gasteiger partial charge in [0, 0.05) is 13.1 Å². The summed E-state index contributed by atoms with van der Waals surface area (Å²) in [6.45, 7) is 1.90. The zero-order chi connectivity index (χ0) is 13.2. The molecule has 1 unspecified atom stereocenters. The first-order valence-corrected chi connectivity index (χ1v) is 5.60. The number of hydrogen-bond acceptors (Lipinski definition) is 3. The molecular weight excluding hydrogens is 247 g/mol. The molecule has 1 heterocycles. The highest BCUT2D eigenvalue weighted by Gasteiger charge is 2.34. The van der Waals surface area contributed by atoms with E-state index in [1.54, 1.807) is 0 Å².